The normalized spacial score (nSPS) is 19.6. The Bertz CT molecular complexity index is 433. The van der Waals surface area contributed by atoms with Gasteiger partial charge in [-0.3, -0.25) is 9.69 Å². The van der Waals surface area contributed by atoms with E-state index in [-0.39, 0.29) is 12.0 Å². The molecule has 0 aromatic heterocycles. The molecule has 1 aromatic rings. The molecule has 0 radical (unpaired) electrons. The molecule has 1 atom stereocenters. The van der Waals surface area contributed by atoms with Crippen molar-refractivity contribution >= 4 is 5.97 Å². The van der Waals surface area contributed by atoms with Crippen molar-refractivity contribution in [3.05, 3.63) is 24.3 Å². The van der Waals surface area contributed by atoms with Crippen LogP contribution in [0.25, 0.3) is 0 Å². The highest BCUT2D eigenvalue weighted by atomic mass is 16.5. The van der Waals surface area contributed by atoms with Gasteiger partial charge in [-0.15, -0.1) is 0 Å². The highest BCUT2D eigenvalue weighted by Gasteiger charge is 2.19. The summed E-state index contributed by atoms with van der Waals surface area (Å²) in [6, 6.07) is 7.24. The molecule has 1 aromatic carbocycles. The molecule has 0 amide bonds. The van der Waals surface area contributed by atoms with Gasteiger partial charge in [-0.25, -0.2) is 0 Å². The summed E-state index contributed by atoms with van der Waals surface area (Å²) in [6.07, 6.45) is 2.07. The molecule has 1 aliphatic rings. The van der Waals surface area contributed by atoms with Crippen molar-refractivity contribution < 1.29 is 14.3 Å². The van der Waals surface area contributed by atoms with Gasteiger partial charge >= 0.3 is 5.97 Å². The molecule has 0 unspecified atom stereocenters. The molecular formula is C15H22N2O3. The van der Waals surface area contributed by atoms with Gasteiger partial charge in [-0.05, 0) is 50.6 Å². The molecule has 20 heavy (non-hydrogen) atoms. The molecule has 0 aliphatic carbocycles. The Labute approximate surface area is 119 Å². The SMILES string of the molecule is CCOc1ccc(OC(=O)CN2CCC[C@@H](N)C2)cc1. The van der Waals surface area contributed by atoms with Crippen molar-refractivity contribution in [3.8, 4) is 11.5 Å². The zero-order chi connectivity index (χ0) is 14.4. The number of benzene rings is 1. The van der Waals surface area contributed by atoms with E-state index in [0.717, 1.165) is 31.7 Å². The fraction of sp³-hybridized carbons (Fsp3) is 0.533. The third-order valence-corrected chi connectivity index (χ3v) is 3.26. The number of esters is 1. The van der Waals surface area contributed by atoms with Gasteiger partial charge < -0.3 is 15.2 Å². The summed E-state index contributed by atoms with van der Waals surface area (Å²) in [5.74, 6) is 1.07. The van der Waals surface area contributed by atoms with Crippen molar-refractivity contribution in [1.29, 1.82) is 0 Å². The Morgan fingerprint density at radius 3 is 2.70 bits per heavy atom. The van der Waals surface area contributed by atoms with Crippen molar-refractivity contribution in [3.63, 3.8) is 0 Å². The summed E-state index contributed by atoms with van der Waals surface area (Å²) >= 11 is 0. The Morgan fingerprint density at radius 2 is 2.05 bits per heavy atom. The van der Waals surface area contributed by atoms with E-state index in [1.807, 2.05) is 11.8 Å². The number of hydrogen-bond donors (Lipinski definition) is 1. The van der Waals surface area contributed by atoms with Crippen LogP contribution in [0.4, 0.5) is 0 Å². The number of carbonyl (C=O) groups is 1. The number of likely N-dealkylation sites (tertiary alicyclic amines) is 1. The number of hydrogen-bond acceptors (Lipinski definition) is 5. The predicted molar refractivity (Wildman–Crippen MR) is 76.9 cm³/mol. The number of nitrogens with two attached hydrogens (primary N) is 1. The van der Waals surface area contributed by atoms with Gasteiger partial charge in [-0.1, -0.05) is 0 Å². The Hall–Kier alpha value is -1.59. The van der Waals surface area contributed by atoms with Crippen LogP contribution >= 0.6 is 0 Å². The van der Waals surface area contributed by atoms with E-state index in [1.165, 1.54) is 0 Å². The van der Waals surface area contributed by atoms with E-state index in [4.69, 9.17) is 15.2 Å². The van der Waals surface area contributed by atoms with Crippen LogP contribution in [0, 0.1) is 0 Å². The summed E-state index contributed by atoms with van der Waals surface area (Å²) in [4.78, 5) is 13.9. The second kappa shape index (κ2) is 7.26. The molecule has 0 bridgehead atoms. The molecule has 110 valence electrons. The van der Waals surface area contributed by atoms with Crippen molar-refractivity contribution in [2.45, 2.75) is 25.8 Å². The molecule has 0 saturated carbocycles. The summed E-state index contributed by atoms with van der Waals surface area (Å²) in [5.41, 5.74) is 5.89. The van der Waals surface area contributed by atoms with Gasteiger partial charge in [0.15, 0.2) is 0 Å². The van der Waals surface area contributed by atoms with Crippen molar-refractivity contribution in [1.82, 2.24) is 4.90 Å². The summed E-state index contributed by atoms with van der Waals surface area (Å²) in [6.45, 7) is 4.51. The largest absolute Gasteiger partial charge is 0.494 e. The first-order valence-electron chi connectivity index (χ1n) is 7.09. The number of carbonyl (C=O) groups excluding carboxylic acids is 1. The topological polar surface area (TPSA) is 64.8 Å². The predicted octanol–water partition coefficient (Wildman–Crippen LogP) is 1.41. The standard InChI is InChI=1S/C15H22N2O3/c1-2-19-13-5-7-14(8-6-13)20-15(18)11-17-9-3-4-12(16)10-17/h5-8,12H,2-4,9-11,16H2,1H3/t12-/m1/s1. The van der Waals surface area contributed by atoms with Gasteiger partial charge in [0, 0.05) is 12.6 Å². The maximum atomic E-state index is 11.9. The molecule has 1 saturated heterocycles. The number of piperidine rings is 1. The lowest BCUT2D eigenvalue weighted by molar-refractivity contribution is -0.135. The van der Waals surface area contributed by atoms with Crippen LogP contribution in [0.3, 0.4) is 0 Å². The van der Waals surface area contributed by atoms with Gasteiger partial charge in [0.25, 0.3) is 0 Å². The van der Waals surface area contributed by atoms with Gasteiger partial charge in [0.05, 0.1) is 13.2 Å². The van der Waals surface area contributed by atoms with Crippen LogP contribution in [-0.4, -0.2) is 43.2 Å². The molecule has 1 heterocycles. The summed E-state index contributed by atoms with van der Waals surface area (Å²) in [7, 11) is 0. The fourth-order valence-electron chi connectivity index (χ4n) is 2.35. The number of ether oxygens (including phenoxy) is 2. The van der Waals surface area contributed by atoms with Crippen molar-refractivity contribution in [2.24, 2.45) is 5.73 Å². The molecule has 1 aliphatic heterocycles. The number of rotatable bonds is 5. The molecular weight excluding hydrogens is 256 g/mol. The smallest absolute Gasteiger partial charge is 0.325 e. The van der Waals surface area contributed by atoms with Crippen molar-refractivity contribution in [2.75, 3.05) is 26.2 Å². The zero-order valence-corrected chi connectivity index (χ0v) is 11.9. The first-order valence-corrected chi connectivity index (χ1v) is 7.09. The second-order valence-corrected chi connectivity index (χ2v) is 5.02. The van der Waals surface area contributed by atoms with Crippen LogP contribution in [0.2, 0.25) is 0 Å². The maximum absolute atomic E-state index is 11.9. The molecule has 2 N–H and O–H groups in total. The first-order chi connectivity index (χ1) is 9.67. The van der Waals surface area contributed by atoms with E-state index >= 15 is 0 Å². The minimum atomic E-state index is -0.247. The van der Waals surface area contributed by atoms with E-state index in [2.05, 4.69) is 0 Å². The fourth-order valence-corrected chi connectivity index (χ4v) is 2.35. The average Bonchev–Trinajstić information content (AvgIpc) is 2.41. The second-order valence-electron chi connectivity index (χ2n) is 5.02. The minimum Gasteiger partial charge on any atom is -0.494 e. The summed E-state index contributed by atoms with van der Waals surface area (Å²) < 4.78 is 10.6. The van der Waals surface area contributed by atoms with Gasteiger partial charge in [0.2, 0.25) is 0 Å². The first kappa shape index (κ1) is 14.8. The molecule has 1 fully saturated rings. The monoisotopic (exact) mass is 278 g/mol. The molecule has 5 heteroatoms. The lowest BCUT2D eigenvalue weighted by atomic mass is 10.1. The third kappa shape index (κ3) is 4.51. The Balaban J connectivity index is 1.81. The Morgan fingerprint density at radius 1 is 1.35 bits per heavy atom. The zero-order valence-electron chi connectivity index (χ0n) is 11.9. The Kier molecular flexibility index (Phi) is 5.38. The van der Waals surface area contributed by atoms with Crippen LogP contribution < -0.4 is 15.2 Å². The van der Waals surface area contributed by atoms with Gasteiger partial charge in [0.1, 0.15) is 11.5 Å². The van der Waals surface area contributed by atoms with Crippen LogP contribution in [0.1, 0.15) is 19.8 Å². The average molecular weight is 278 g/mol. The highest BCUT2D eigenvalue weighted by molar-refractivity contribution is 5.74. The van der Waals surface area contributed by atoms with E-state index in [1.54, 1.807) is 24.3 Å². The van der Waals surface area contributed by atoms with Crippen LogP contribution in [-0.2, 0) is 4.79 Å². The highest BCUT2D eigenvalue weighted by Crippen LogP contribution is 2.18. The lowest BCUT2D eigenvalue weighted by Crippen LogP contribution is -2.45. The minimum absolute atomic E-state index is 0.169. The number of nitrogens with zero attached hydrogens (tertiary/aromatic N) is 1. The maximum Gasteiger partial charge on any atom is 0.325 e. The van der Waals surface area contributed by atoms with Crippen LogP contribution in [0.15, 0.2) is 24.3 Å². The van der Waals surface area contributed by atoms with E-state index in [9.17, 15) is 4.79 Å². The molecule has 2 rings (SSSR count). The third-order valence-electron chi connectivity index (χ3n) is 3.26. The van der Waals surface area contributed by atoms with Gasteiger partial charge in [-0.2, -0.15) is 0 Å². The molecule has 0 spiro atoms. The summed E-state index contributed by atoms with van der Waals surface area (Å²) in [5, 5.41) is 0. The van der Waals surface area contributed by atoms with E-state index < -0.39 is 0 Å². The quantitative estimate of drug-likeness (QED) is 0.652. The molecule has 5 nitrogen and oxygen atoms in total. The van der Waals surface area contributed by atoms with Crippen LogP contribution in [0.5, 0.6) is 11.5 Å². The lowest BCUT2D eigenvalue weighted by Gasteiger charge is -2.29. The van der Waals surface area contributed by atoms with E-state index in [0.29, 0.717) is 18.9 Å².